The number of hydrogen-bond acceptors (Lipinski definition) is 6. The van der Waals surface area contributed by atoms with Gasteiger partial charge in [-0.15, -0.1) is 0 Å². The van der Waals surface area contributed by atoms with Crippen molar-refractivity contribution in [3.63, 3.8) is 0 Å². The molecule has 0 bridgehead atoms. The molecule has 2 aromatic carbocycles. The number of rotatable bonds is 4. The van der Waals surface area contributed by atoms with Crippen LogP contribution in [0.25, 0.3) is 28.0 Å². The number of carbonyl (C=O) groups is 1. The lowest BCUT2D eigenvalue weighted by atomic mass is 10.0. The van der Waals surface area contributed by atoms with Crippen LogP contribution in [0, 0.1) is 6.92 Å². The summed E-state index contributed by atoms with van der Waals surface area (Å²) < 4.78 is 48.5. The average Bonchev–Trinajstić information content (AvgIpc) is 3.39. The third-order valence-corrected chi connectivity index (χ3v) is 6.20. The van der Waals surface area contributed by atoms with E-state index in [1.165, 1.54) is 24.8 Å². The number of pyridine rings is 1. The van der Waals surface area contributed by atoms with Crippen LogP contribution < -0.4 is 4.74 Å². The first kappa shape index (κ1) is 24.4. The van der Waals surface area contributed by atoms with Crippen LogP contribution in [0.4, 0.5) is 13.2 Å². The van der Waals surface area contributed by atoms with Crippen LogP contribution in [0.3, 0.4) is 0 Å². The van der Waals surface area contributed by atoms with E-state index in [4.69, 9.17) is 9.72 Å². The number of benzene rings is 2. The minimum Gasteiger partial charge on any atom is -0.497 e. The van der Waals surface area contributed by atoms with Crippen LogP contribution in [0.15, 0.2) is 65.8 Å². The number of alkyl halides is 3. The van der Waals surface area contributed by atoms with Gasteiger partial charge in [0.15, 0.2) is 5.65 Å². The first-order valence-electron chi connectivity index (χ1n) is 11.3. The van der Waals surface area contributed by atoms with Crippen LogP contribution in [0.5, 0.6) is 5.75 Å². The minimum absolute atomic E-state index is 0.0226. The van der Waals surface area contributed by atoms with Crippen molar-refractivity contribution in [1.82, 2.24) is 19.8 Å². The molecular weight excluding hydrogens is 487 g/mol. The van der Waals surface area contributed by atoms with Crippen molar-refractivity contribution in [3.8, 4) is 22.7 Å². The SMILES string of the molecule is COc1ccc(-c2cc(C(=O)N3N=C(C)CC3(O)C(F)(F)F)c3c(C)nn(-c4ccccc4)c3n2)cc1. The van der Waals surface area contributed by atoms with Gasteiger partial charge in [-0.25, -0.2) is 9.67 Å². The summed E-state index contributed by atoms with van der Waals surface area (Å²) in [5, 5.41) is 19.3. The van der Waals surface area contributed by atoms with Gasteiger partial charge in [0, 0.05) is 17.7 Å². The molecule has 190 valence electrons. The fourth-order valence-corrected chi connectivity index (χ4v) is 4.38. The van der Waals surface area contributed by atoms with Gasteiger partial charge in [0.05, 0.1) is 35.1 Å². The molecule has 0 saturated heterocycles. The second-order valence-electron chi connectivity index (χ2n) is 8.76. The number of halogens is 3. The fraction of sp³-hybridized carbons (Fsp3) is 0.231. The number of aromatic nitrogens is 3. The molecule has 0 fully saturated rings. The zero-order valence-electron chi connectivity index (χ0n) is 20.1. The molecule has 1 aliphatic heterocycles. The second-order valence-corrected chi connectivity index (χ2v) is 8.76. The van der Waals surface area contributed by atoms with E-state index in [0.29, 0.717) is 28.4 Å². The van der Waals surface area contributed by atoms with Gasteiger partial charge in [0.25, 0.3) is 11.6 Å². The Morgan fingerprint density at radius 2 is 1.76 bits per heavy atom. The number of nitrogens with zero attached hydrogens (tertiary/aromatic N) is 5. The molecule has 1 aliphatic rings. The van der Waals surface area contributed by atoms with E-state index in [9.17, 15) is 23.1 Å². The molecule has 1 amide bonds. The normalized spacial score (nSPS) is 17.8. The first-order chi connectivity index (χ1) is 17.5. The Kier molecular flexibility index (Phi) is 5.75. The summed E-state index contributed by atoms with van der Waals surface area (Å²) in [7, 11) is 1.53. The summed E-state index contributed by atoms with van der Waals surface area (Å²) in [4.78, 5) is 18.5. The van der Waals surface area contributed by atoms with Crippen LogP contribution in [-0.4, -0.2) is 55.5 Å². The third kappa shape index (κ3) is 4.01. The molecule has 3 heterocycles. The maximum atomic E-state index is 13.9. The zero-order valence-corrected chi connectivity index (χ0v) is 20.1. The van der Waals surface area contributed by atoms with Crippen molar-refractivity contribution in [2.24, 2.45) is 5.10 Å². The van der Waals surface area contributed by atoms with Crippen LogP contribution in [0.2, 0.25) is 0 Å². The van der Waals surface area contributed by atoms with Crippen molar-refractivity contribution in [2.75, 3.05) is 7.11 Å². The topological polar surface area (TPSA) is 92.8 Å². The van der Waals surface area contributed by atoms with Gasteiger partial charge in [0.1, 0.15) is 5.75 Å². The number of aryl methyl sites for hydroxylation is 1. The maximum Gasteiger partial charge on any atom is 0.438 e. The average molecular weight is 509 g/mol. The number of para-hydroxylation sites is 1. The number of amides is 1. The minimum atomic E-state index is -5.13. The van der Waals surface area contributed by atoms with Gasteiger partial charge in [-0.1, -0.05) is 18.2 Å². The molecular formula is C26H22F3N5O3. The van der Waals surface area contributed by atoms with Gasteiger partial charge < -0.3 is 9.84 Å². The predicted molar refractivity (Wildman–Crippen MR) is 130 cm³/mol. The number of aliphatic hydroxyl groups is 1. The summed E-state index contributed by atoms with van der Waals surface area (Å²) in [6.07, 6.45) is -5.97. The molecule has 1 N–H and O–H groups in total. The van der Waals surface area contributed by atoms with Crippen LogP contribution in [0.1, 0.15) is 29.4 Å². The number of hydrazone groups is 1. The Hall–Kier alpha value is -4.25. The highest BCUT2D eigenvalue weighted by molar-refractivity contribution is 6.09. The Balaban J connectivity index is 1.76. The van der Waals surface area contributed by atoms with Crippen molar-refractivity contribution < 1.29 is 27.8 Å². The fourth-order valence-electron chi connectivity index (χ4n) is 4.38. The Morgan fingerprint density at radius 3 is 2.38 bits per heavy atom. The number of fused-ring (bicyclic) bond motifs is 1. The van der Waals surface area contributed by atoms with Gasteiger partial charge in [0.2, 0.25) is 0 Å². The lowest BCUT2D eigenvalue weighted by Gasteiger charge is -2.32. The molecule has 0 aliphatic carbocycles. The molecule has 2 aromatic heterocycles. The second kappa shape index (κ2) is 8.70. The molecule has 0 saturated carbocycles. The summed E-state index contributed by atoms with van der Waals surface area (Å²) >= 11 is 0. The monoisotopic (exact) mass is 509 g/mol. The molecule has 1 atom stereocenters. The Bertz CT molecular complexity index is 1530. The standard InChI is InChI=1S/C26H22F3N5O3/c1-15-14-25(36,26(27,28)29)34(31-15)24(35)20-13-21(17-9-11-19(37-3)12-10-17)30-23-22(20)16(2)32-33(23)18-7-5-4-6-8-18/h4-13,36H,14H2,1-3H3. The van der Waals surface area contributed by atoms with E-state index in [1.807, 2.05) is 18.2 Å². The van der Waals surface area contributed by atoms with Crippen LogP contribution in [-0.2, 0) is 0 Å². The number of methoxy groups -OCH3 is 1. The first-order valence-corrected chi connectivity index (χ1v) is 11.3. The van der Waals surface area contributed by atoms with Crippen molar-refractivity contribution in [1.29, 1.82) is 0 Å². The molecule has 5 rings (SSSR count). The Labute approximate surface area is 209 Å². The van der Waals surface area contributed by atoms with E-state index in [1.54, 1.807) is 43.3 Å². The number of hydrogen-bond donors (Lipinski definition) is 1. The lowest BCUT2D eigenvalue weighted by Crippen LogP contribution is -2.56. The highest BCUT2D eigenvalue weighted by Gasteiger charge is 2.63. The van der Waals surface area contributed by atoms with Crippen molar-refractivity contribution in [2.45, 2.75) is 32.2 Å². The van der Waals surface area contributed by atoms with Crippen LogP contribution >= 0.6 is 0 Å². The summed E-state index contributed by atoms with van der Waals surface area (Å²) in [6, 6.07) is 17.3. The third-order valence-electron chi connectivity index (χ3n) is 6.20. The maximum absolute atomic E-state index is 13.9. The van der Waals surface area contributed by atoms with E-state index in [2.05, 4.69) is 10.2 Å². The van der Waals surface area contributed by atoms with Gasteiger partial charge in [-0.05, 0) is 56.3 Å². The van der Waals surface area contributed by atoms with E-state index in [0.717, 1.165) is 0 Å². The predicted octanol–water partition coefficient (Wildman–Crippen LogP) is 4.88. The highest BCUT2D eigenvalue weighted by Crippen LogP contribution is 2.42. The molecule has 0 radical (unpaired) electrons. The molecule has 1 unspecified atom stereocenters. The van der Waals surface area contributed by atoms with Gasteiger partial charge in [-0.3, -0.25) is 4.79 Å². The van der Waals surface area contributed by atoms with E-state index in [-0.39, 0.29) is 27.3 Å². The summed E-state index contributed by atoms with van der Waals surface area (Å²) in [5.41, 5.74) is -1.37. The summed E-state index contributed by atoms with van der Waals surface area (Å²) in [5.74, 6) is -0.516. The number of ether oxygens (including phenoxy) is 1. The smallest absolute Gasteiger partial charge is 0.438 e. The van der Waals surface area contributed by atoms with Gasteiger partial charge >= 0.3 is 6.18 Å². The molecule has 8 nitrogen and oxygen atoms in total. The molecule has 37 heavy (non-hydrogen) atoms. The highest BCUT2D eigenvalue weighted by atomic mass is 19.4. The zero-order chi connectivity index (χ0) is 26.5. The van der Waals surface area contributed by atoms with Crippen molar-refractivity contribution in [3.05, 3.63) is 71.9 Å². The summed E-state index contributed by atoms with van der Waals surface area (Å²) in [6.45, 7) is 2.97. The lowest BCUT2D eigenvalue weighted by molar-refractivity contribution is -0.297. The van der Waals surface area contributed by atoms with E-state index < -0.39 is 24.2 Å². The molecule has 4 aromatic rings. The van der Waals surface area contributed by atoms with Crippen molar-refractivity contribution >= 4 is 22.7 Å². The Morgan fingerprint density at radius 1 is 1.08 bits per heavy atom. The van der Waals surface area contributed by atoms with E-state index >= 15 is 0 Å². The quantitative estimate of drug-likeness (QED) is 0.424. The largest absolute Gasteiger partial charge is 0.497 e. The number of carbonyl (C=O) groups excluding carboxylic acids is 1. The molecule has 0 spiro atoms. The van der Waals surface area contributed by atoms with Gasteiger partial charge in [-0.2, -0.15) is 28.4 Å². The molecule has 11 heteroatoms.